The zero-order valence-corrected chi connectivity index (χ0v) is 16.9. The summed E-state index contributed by atoms with van der Waals surface area (Å²) in [6, 6.07) is 0. The van der Waals surface area contributed by atoms with Gasteiger partial charge in [-0.2, -0.15) is 0 Å². The largest absolute Gasteiger partial charge is 0.330 e. The Morgan fingerprint density at radius 1 is 0.810 bits per heavy atom. The van der Waals surface area contributed by atoms with E-state index in [4.69, 9.17) is 5.73 Å². The molecule has 21 heavy (non-hydrogen) atoms. The van der Waals surface area contributed by atoms with Crippen LogP contribution in [0.3, 0.4) is 0 Å². The second-order valence-electron chi connectivity index (χ2n) is 7.34. The van der Waals surface area contributed by atoms with Crippen LogP contribution in [0.2, 0.25) is 0 Å². The third-order valence-corrected chi connectivity index (χ3v) is 3.51. The average Bonchev–Trinajstić information content (AvgIpc) is 2.37. The summed E-state index contributed by atoms with van der Waals surface area (Å²) in [6.45, 7) is 24.9. The molecule has 0 bridgehead atoms. The summed E-state index contributed by atoms with van der Waals surface area (Å²) in [5.41, 5.74) is 8.57. The molecule has 0 aliphatic rings. The van der Waals surface area contributed by atoms with Gasteiger partial charge < -0.3 is 5.73 Å². The second kappa shape index (κ2) is 13.1. The van der Waals surface area contributed by atoms with E-state index in [2.05, 4.69) is 74.5 Å². The van der Waals surface area contributed by atoms with Crippen LogP contribution in [-0.4, -0.2) is 6.54 Å². The van der Waals surface area contributed by atoms with Crippen LogP contribution in [0.4, 0.5) is 0 Å². The molecule has 1 heteroatoms. The molecule has 0 fully saturated rings. The van der Waals surface area contributed by atoms with Crippen LogP contribution in [0, 0.1) is 10.8 Å². The Morgan fingerprint density at radius 2 is 1.10 bits per heavy atom. The van der Waals surface area contributed by atoms with Crippen molar-refractivity contribution in [3.05, 3.63) is 23.3 Å². The second-order valence-corrected chi connectivity index (χ2v) is 7.34. The summed E-state index contributed by atoms with van der Waals surface area (Å²) in [7, 11) is 0. The molecule has 0 saturated heterocycles. The molecule has 1 nitrogen and oxygen atoms in total. The number of hydrogen-bond acceptors (Lipinski definition) is 1. The van der Waals surface area contributed by atoms with E-state index < -0.39 is 0 Å². The highest BCUT2D eigenvalue weighted by atomic mass is 14.5. The van der Waals surface area contributed by atoms with Gasteiger partial charge in [-0.05, 0) is 37.6 Å². The van der Waals surface area contributed by atoms with Gasteiger partial charge in [-0.3, -0.25) is 0 Å². The summed E-state index contributed by atoms with van der Waals surface area (Å²) < 4.78 is 0. The molecule has 0 atom stereocenters. The lowest BCUT2D eigenvalue weighted by atomic mass is 9.85. The first-order valence-corrected chi connectivity index (χ1v) is 8.53. The smallest absolute Gasteiger partial charge is 0.00774 e. The van der Waals surface area contributed by atoms with Crippen LogP contribution in [0.5, 0.6) is 0 Å². The van der Waals surface area contributed by atoms with E-state index in [1.807, 2.05) is 13.8 Å². The first-order valence-electron chi connectivity index (χ1n) is 8.53. The summed E-state index contributed by atoms with van der Waals surface area (Å²) in [5.74, 6) is 0. The standard InChI is InChI=1S/C14H26.C4H11N.C2H6/c1-11(13(3,4)5)9-10-12(2)14(6,7)8;1-2-3-4-5;1-2/h9-10H,1-8H3;2-5H2,1H3;1-2H3/b11-9+,12-10+;;. The van der Waals surface area contributed by atoms with Gasteiger partial charge in [0.25, 0.3) is 0 Å². The van der Waals surface area contributed by atoms with Crippen LogP contribution in [0.15, 0.2) is 23.3 Å². The van der Waals surface area contributed by atoms with Crippen molar-refractivity contribution < 1.29 is 0 Å². The summed E-state index contributed by atoms with van der Waals surface area (Å²) in [4.78, 5) is 0. The molecule has 128 valence electrons. The van der Waals surface area contributed by atoms with Gasteiger partial charge in [-0.15, -0.1) is 0 Å². The summed E-state index contributed by atoms with van der Waals surface area (Å²) >= 11 is 0. The van der Waals surface area contributed by atoms with E-state index in [9.17, 15) is 0 Å². The van der Waals surface area contributed by atoms with Crippen LogP contribution in [-0.2, 0) is 0 Å². The third kappa shape index (κ3) is 17.4. The first kappa shape index (κ1) is 25.4. The van der Waals surface area contributed by atoms with E-state index >= 15 is 0 Å². The Bertz CT molecular complexity index is 252. The first-order chi connectivity index (χ1) is 9.46. The van der Waals surface area contributed by atoms with Crippen molar-refractivity contribution in [1.29, 1.82) is 0 Å². The van der Waals surface area contributed by atoms with Crippen molar-refractivity contribution in [3.63, 3.8) is 0 Å². The van der Waals surface area contributed by atoms with Gasteiger partial charge in [-0.25, -0.2) is 0 Å². The summed E-state index contributed by atoms with van der Waals surface area (Å²) in [6.07, 6.45) is 6.89. The number of allylic oxidation sites excluding steroid dienone is 4. The van der Waals surface area contributed by atoms with E-state index in [1.165, 1.54) is 24.0 Å². The van der Waals surface area contributed by atoms with Crippen LogP contribution in [0.1, 0.15) is 89.0 Å². The maximum absolute atomic E-state index is 5.14. The maximum atomic E-state index is 5.14. The molecule has 0 aromatic rings. The van der Waals surface area contributed by atoms with Crippen molar-refractivity contribution in [2.45, 2.75) is 89.0 Å². The Labute approximate surface area is 136 Å². The van der Waals surface area contributed by atoms with Gasteiger partial charge in [0.1, 0.15) is 0 Å². The van der Waals surface area contributed by atoms with Gasteiger partial charge >= 0.3 is 0 Å². The molecule has 0 heterocycles. The highest BCUT2D eigenvalue weighted by molar-refractivity contribution is 5.21. The highest BCUT2D eigenvalue weighted by Gasteiger charge is 2.13. The quantitative estimate of drug-likeness (QED) is 0.573. The van der Waals surface area contributed by atoms with Crippen molar-refractivity contribution in [3.8, 4) is 0 Å². The average molecular weight is 298 g/mol. The Kier molecular flexibility index (Phi) is 15.9. The lowest BCUT2D eigenvalue weighted by Gasteiger charge is -2.21. The molecule has 0 spiro atoms. The van der Waals surface area contributed by atoms with E-state index in [-0.39, 0.29) is 10.8 Å². The minimum absolute atomic E-state index is 0.286. The van der Waals surface area contributed by atoms with Crippen LogP contribution < -0.4 is 5.73 Å². The van der Waals surface area contributed by atoms with Crippen molar-refractivity contribution in [1.82, 2.24) is 0 Å². The third-order valence-electron chi connectivity index (χ3n) is 3.51. The fourth-order valence-electron chi connectivity index (χ4n) is 0.954. The van der Waals surface area contributed by atoms with Crippen molar-refractivity contribution >= 4 is 0 Å². The zero-order valence-electron chi connectivity index (χ0n) is 16.9. The highest BCUT2D eigenvalue weighted by Crippen LogP contribution is 2.27. The lowest BCUT2D eigenvalue weighted by molar-refractivity contribution is 0.498. The molecular formula is C20H43N. The minimum atomic E-state index is 0.286. The van der Waals surface area contributed by atoms with E-state index in [0.717, 1.165) is 6.54 Å². The SMILES string of the molecule is C/C(=C\C=C(/C)C(C)(C)C)C(C)(C)C.CC.CCCCN. The van der Waals surface area contributed by atoms with E-state index in [0.29, 0.717) is 0 Å². The molecule has 0 unspecified atom stereocenters. The van der Waals surface area contributed by atoms with Gasteiger partial charge in [0.05, 0.1) is 0 Å². The molecule has 0 amide bonds. The van der Waals surface area contributed by atoms with Gasteiger partial charge in [0.2, 0.25) is 0 Å². The van der Waals surface area contributed by atoms with E-state index in [1.54, 1.807) is 0 Å². The molecular weight excluding hydrogens is 254 g/mol. The molecule has 0 aliphatic heterocycles. The molecule has 0 aliphatic carbocycles. The fourth-order valence-corrected chi connectivity index (χ4v) is 0.954. The Hall–Kier alpha value is -0.560. The molecule has 0 radical (unpaired) electrons. The number of rotatable bonds is 3. The summed E-state index contributed by atoms with van der Waals surface area (Å²) in [5, 5.41) is 0. The normalized spacial score (nSPS) is 13.0. The molecule has 0 saturated carbocycles. The number of unbranched alkanes of at least 4 members (excludes halogenated alkanes) is 1. The topological polar surface area (TPSA) is 26.0 Å². The van der Waals surface area contributed by atoms with Gasteiger partial charge in [-0.1, -0.05) is 92.0 Å². The van der Waals surface area contributed by atoms with Crippen LogP contribution in [0.25, 0.3) is 0 Å². The van der Waals surface area contributed by atoms with Gasteiger partial charge in [0, 0.05) is 0 Å². The van der Waals surface area contributed by atoms with Crippen LogP contribution >= 0.6 is 0 Å². The molecule has 0 aromatic heterocycles. The Morgan fingerprint density at radius 3 is 1.19 bits per heavy atom. The lowest BCUT2D eigenvalue weighted by Crippen LogP contribution is -2.08. The minimum Gasteiger partial charge on any atom is -0.330 e. The zero-order chi connectivity index (χ0) is 17.7. The molecule has 0 aromatic carbocycles. The predicted molar refractivity (Wildman–Crippen MR) is 102 cm³/mol. The molecule has 0 rings (SSSR count). The number of hydrogen-bond donors (Lipinski definition) is 1. The van der Waals surface area contributed by atoms with Crippen molar-refractivity contribution in [2.24, 2.45) is 16.6 Å². The van der Waals surface area contributed by atoms with Gasteiger partial charge in [0.15, 0.2) is 0 Å². The van der Waals surface area contributed by atoms with Crippen molar-refractivity contribution in [2.75, 3.05) is 6.54 Å². The maximum Gasteiger partial charge on any atom is -0.00774 e. The monoisotopic (exact) mass is 297 g/mol. The predicted octanol–water partition coefficient (Wildman–Crippen LogP) is 6.74. The fraction of sp³-hybridized carbons (Fsp3) is 0.800. The molecule has 2 N–H and O–H groups in total. The Balaban J connectivity index is -0.000000389. The number of nitrogens with two attached hydrogens (primary N) is 1.